The first-order chi connectivity index (χ1) is 21.8. The van der Waals surface area contributed by atoms with Crippen molar-refractivity contribution in [1.29, 1.82) is 0 Å². The number of benzene rings is 3. The number of amides is 2. The number of anilines is 2. The summed E-state index contributed by atoms with van der Waals surface area (Å²) in [6.07, 6.45) is 2.79. The Bertz CT molecular complexity index is 1490. The predicted molar refractivity (Wildman–Crippen MR) is 181 cm³/mol. The Morgan fingerprint density at radius 3 is 1.58 bits per heavy atom. The normalized spacial score (nSPS) is 18.7. The van der Waals surface area contributed by atoms with Crippen LogP contribution >= 0.6 is 0 Å². The third-order valence-electron chi connectivity index (χ3n) is 8.40. The summed E-state index contributed by atoms with van der Waals surface area (Å²) in [7, 11) is 0. The summed E-state index contributed by atoms with van der Waals surface area (Å²) in [6, 6.07) is 21.3. The standard InChI is InChI=1S/C37H44N4O4/c1-7-21-44-28-19-20-29(32(23-28)45-22-8-2)33(34-30(9-3)38-40(36(34)42)26-15-11-24(5)12-16-26)35-31(10-4)39-41(37(35)43)27-17-13-25(6)14-18-27/h11-20,23,33-35H,7-10,21-22H2,1-6H3. The average Bonchev–Trinajstić information content (AvgIpc) is 3.56. The Morgan fingerprint density at radius 2 is 1.13 bits per heavy atom. The summed E-state index contributed by atoms with van der Waals surface area (Å²) < 4.78 is 12.3. The number of rotatable bonds is 13. The van der Waals surface area contributed by atoms with Crippen LogP contribution in [-0.4, -0.2) is 36.5 Å². The third-order valence-corrected chi connectivity index (χ3v) is 8.40. The van der Waals surface area contributed by atoms with Gasteiger partial charge in [-0.05, 0) is 75.4 Å². The van der Waals surface area contributed by atoms with E-state index in [0.717, 1.165) is 41.0 Å². The Morgan fingerprint density at radius 1 is 0.667 bits per heavy atom. The lowest BCUT2D eigenvalue weighted by atomic mass is 9.71. The highest BCUT2D eigenvalue weighted by atomic mass is 16.5. The predicted octanol–water partition coefficient (Wildman–Crippen LogP) is 7.82. The molecule has 0 saturated heterocycles. The van der Waals surface area contributed by atoms with Crippen LogP contribution in [0.3, 0.4) is 0 Å². The number of carbonyl (C=O) groups excluding carboxylic acids is 2. The molecule has 0 bridgehead atoms. The molecule has 2 aliphatic heterocycles. The summed E-state index contributed by atoms with van der Waals surface area (Å²) in [4.78, 5) is 29.1. The molecule has 0 spiro atoms. The molecule has 0 fully saturated rings. The molecule has 2 unspecified atom stereocenters. The summed E-state index contributed by atoms with van der Waals surface area (Å²) in [5.41, 5.74) is 5.84. The molecule has 0 radical (unpaired) electrons. The molecule has 8 nitrogen and oxygen atoms in total. The highest BCUT2D eigenvalue weighted by molar-refractivity contribution is 6.20. The van der Waals surface area contributed by atoms with Crippen molar-refractivity contribution in [2.24, 2.45) is 22.0 Å². The molecule has 0 saturated carbocycles. The third kappa shape index (κ3) is 6.51. The Hall–Kier alpha value is -4.46. The fourth-order valence-electron chi connectivity index (χ4n) is 6.06. The number of aryl methyl sites for hydroxylation is 2. The summed E-state index contributed by atoms with van der Waals surface area (Å²) in [5, 5.41) is 12.7. The molecule has 3 aromatic carbocycles. The van der Waals surface area contributed by atoms with Crippen LogP contribution in [0, 0.1) is 25.7 Å². The Labute approximate surface area is 266 Å². The van der Waals surface area contributed by atoms with Gasteiger partial charge in [0.1, 0.15) is 11.5 Å². The number of hydrazone groups is 2. The van der Waals surface area contributed by atoms with Gasteiger partial charge in [-0.1, -0.05) is 69.2 Å². The van der Waals surface area contributed by atoms with Crippen LogP contribution in [0.15, 0.2) is 76.9 Å². The van der Waals surface area contributed by atoms with Gasteiger partial charge in [0.2, 0.25) is 0 Å². The SMILES string of the molecule is CCCOc1ccc(C(C2C(=O)N(c3ccc(C)cc3)N=C2CC)C2C(=O)N(c3ccc(C)cc3)N=C2CC)c(OCCC)c1. The molecule has 5 rings (SSSR count). The summed E-state index contributed by atoms with van der Waals surface area (Å²) in [5.74, 6) is -0.990. The van der Waals surface area contributed by atoms with Crippen molar-refractivity contribution >= 4 is 34.6 Å². The Kier molecular flexibility index (Phi) is 10.0. The van der Waals surface area contributed by atoms with Crippen molar-refractivity contribution in [2.45, 2.75) is 73.1 Å². The van der Waals surface area contributed by atoms with E-state index in [1.807, 2.05) is 94.4 Å². The maximum Gasteiger partial charge on any atom is 0.256 e. The van der Waals surface area contributed by atoms with Crippen LogP contribution in [0.4, 0.5) is 11.4 Å². The Balaban J connectivity index is 1.66. The van der Waals surface area contributed by atoms with Crippen molar-refractivity contribution in [3.8, 4) is 11.5 Å². The topological polar surface area (TPSA) is 83.8 Å². The minimum Gasteiger partial charge on any atom is -0.493 e. The zero-order chi connectivity index (χ0) is 32.1. The van der Waals surface area contributed by atoms with E-state index in [1.54, 1.807) is 0 Å². The van der Waals surface area contributed by atoms with Crippen molar-refractivity contribution in [3.05, 3.63) is 83.4 Å². The summed E-state index contributed by atoms with van der Waals surface area (Å²) >= 11 is 0. The number of nitrogens with zero attached hydrogens (tertiary/aromatic N) is 4. The van der Waals surface area contributed by atoms with Gasteiger partial charge in [0.05, 0.1) is 47.8 Å². The van der Waals surface area contributed by atoms with Gasteiger partial charge in [-0.25, -0.2) is 10.0 Å². The van der Waals surface area contributed by atoms with Gasteiger partial charge in [-0.2, -0.15) is 10.2 Å². The van der Waals surface area contributed by atoms with Crippen LogP contribution in [0.2, 0.25) is 0 Å². The monoisotopic (exact) mass is 608 g/mol. The van der Waals surface area contributed by atoms with Crippen molar-refractivity contribution in [2.75, 3.05) is 23.2 Å². The highest BCUT2D eigenvalue weighted by Gasteiger charge is 2.52. The fourth-order valence-corrected chi connectivity index (χ4v) is 6.06. The number of hydrogen-bond acceptors (Lipinski definition) is 6. The van der Waals surface area contributed by atoms with Gasteiger partial charge in [0, 0.05) is 12.0 Å². The van der Waals surface area contributed by atoms with Gasteiger partial charge in [-0.15, -0.1) is 0 Å². The van der Waals surface area contributed by atoms with E-state index in [2.05, 4.69) is 13.8 Å². The van der Waals surface area contributed by atoms with Crippen LogP contribution in [-0.2, 0) is 9.59 Å². The lowest BCUT2D eigenvalue weighted by molar-refractivity contribution is -0.122. The van der Waals surface area contributed by atoms with E-state index < -0.39 is 17.8 Å². The van der Waals surface area contributed by atoms with Crippen molar-refractivity contribution < 1.29 is 19.1 Å². The molecule has 3 aromatic rings. The molecule has 45 heavy (non-hydrogen) atoms. The smallest absolute Gasteiger partial charge is 0.256 e. The highest BCUT2D eigenvalue weighted by Crippen LogP contribution is 2.47. The molecule has 8 heteroatoms. The minimum atomic E-state index is -0.689. The van der Waals surface area contributed by atoms with E-state index in [4.69, 9.17) is 19.7 Å². The number of carbonyl (C=O) groups is 2. The first kappa shape index (κ1) is 31.9. The lowest BCUT2D eigenvalue weighted by Crippen LogP contribution is -2.41. The lowest BCUT2D eigenvalue weighted by Gasteiger charge is -2.31. The van der Waals surface area contributed by atoms with Crippen LogP contribution in [0.1, 0.15) is 76.0 Å². The van der Waals surface area contributed by atoms with Gasteiger partial charge >= 0.3 is 0 Å². The molecule has 2 amide bonds. The molecule has 236 valence electrons. The molecule has 0 aromatic heterocycles. The number of ether oxygens (including phenoxy) is 2. The van der Waals surface area contributed by atoms with Gasteiger partial charge in [0.25, 0.3) is 11.8 Å². The molecule has 2 heterocycles. The second-order valence-corrected chi connectivity index (χ2v) is 11.7. The molecule has 0 N–H and O–H groups in total. The van der Waals surface area contributed by atoms with Gasteiger partial charge < -0.3 is 9.47 Å². The first-order valence-corrected chi connectivity index (χ1v) is 16.2. The van der Waals surface area contributed by atoms with E-state index >= 15 is 0 Å². The van der Waals surface area contributed by atoms with Crippen molar-refractivity contribution in [1.82, 2.24) is 0 Å². The second-order valence-electron chi connectivity index (χ2n) is 11.7. The molecular formula is C37H44N4O4. The van der Waals surface area contributed by atoms with Crippen LogP contribution in [0.25, 0.3) is 0 Å². The molecule has 2 atom stereocenters. The van der Waals surface area contributed by atoms with Crippen LogP contribution in [0.5, 0.6) is 11.5 Å². The van der Waals surface area contributed by atoms with Crippen molar-refractivity contribution in [3.63, 3.8) is 0 Å². The fraction of sp³-hybridized carbons (Fsp3) is 0.405. The maximum absolute atomic E-state index is 14.5. The van der Waals surface area contributed by atoms with Crippen LogP contribution < -0.4 is 19.5 Å². The van der Waals surface area contributed by atoms with Gasteiger partial charge in [0.15, 0.2) is 0 Å². The molecular weight excluding hydrogens is 564 g/mol. The number of hydrogen-bond donors (Lipinski definition) is 0. The maximum atomic E-state index is 14.5. The summed E-state index contributed by atoms with van der Waals surface area (Å²) in [6.45, 7) is 13.2. The zero-order valence-corrected chi connectivity index (χ0v) is 27.2. The molecule has 2 aliphatic rings. The largest absolute Gasteiger partial charge is 0.493 e. The second kappa shape index (κ2) is 14.1. The zero-order valence-electron chi connectivity index (χ0n) is 27.2. The van der Waals surface area contributed by atoms with E-state index in [0.29, 0.717) is 48.9 Å². The van der Waals surface area contributed by atoms with E-state index in [-0.39, 0.29) is 11.8 Å². The molecule has 0 aliphatic carbocycles. The average molecular weight is 609 g/mol. The first-order valence-electron chi connectivity index (χ1n) is 16.2. The van der Waals surface area contributed by atoms with Gasteiger partial charge in [-0.3, -0.25) is 9.59 Å². The quantitative estimate of drug-likeness (QED) is 0.198. The van der Waals surface area contributed by atoms with E-state index in [1.165, 1.54) is 10.0 Å². The van der Waals surface area contributed by atoms with E-state index in [9.17, 15) is 9.59 Å². The minimum absolute atomic E-state index is 0.162.